The molecule has 0 aliphatic rings. The maximum Gasteiger partial charge on any atom is 0.172 e. The van der Waals surface area contributed by atoms with Crippen molar-refractivity contribution in [3.05, 3.63) is 36.7 Å². The molecule has 2 heterocycles. The molecule has 1 aromatic carbocycles. The Kier molecular flexibility index (Phi) is 1.62. The highest BCUT2D eigenvalue weighted by molar-refractivity contribution is 5.85. The van der Waals surface area contributed by atoms with E-state index in [1.807, 2.05) is 19.2 Å². The number of para-hydroxylation sites is 1. The molecule has 0 unspecified atom stereocenters. The summed E-state index contributed by atoms with van der Waals surface area (Å²) in [5.74, 6) is 0.800. The molecule has 74 valence electrons. The van der Waals surface area contributed by atoms with Crippen molar-refractivity contribution in [2.45, 2.75) is 0 Å². The molecular formula is C11H10N4. The van der Waals surface area contributed by atoms with Crippen LogP contribution in [0.15, 0.2) is 36.7 Å². The minimum atomic E-state index is 0.800. The molecule has 4 nitrogen and oxygen atoms in total. The van der Waals surface area contributed by atoms with Crippen LogP contribution in [-0.4, -0.2) is 19.7 Å². The fourth-order valence-corrected chi connectivity index (χ4v) is 1.85. The van der Waals surface area contributed by atoms with Crippen molar-refractivity contribution in [1.29, 1.82) is 0 Å². The molecule has 0 saturated carbocycles. The number of aromatic amines is 1. The van der Waals surface area contributed by atoms with Crippen LogP contribution in [-0.2, 0) is 7.05 Å². The van der Waals surface area contributed by atoms with Crippen LogP contribution in [0.1, 0.15) is 0 Å². The summed E-state index contributed by atoms with van der Waals surface area (Å²) in [5, 5.41) is 7.95. The van der Waals surface area contributed by atoms with E-state index in [4.69, 9.17) is 0 Å². The molecule has 4 heteroatoms. The lowest BCUT2D eigenvalue weighted by Crippen LogP contribution is -1.92. The van der Waals surface area contributed by atoms with Crippen molar-refractivity contribution in [1.82, 2.24) is 19.7 Å². The van der Waals surface area contributed by atoms with Gasteiger partial charge >= 0.3 is 0 Å². The van der Waals surface area contributed by atoms with E-state index in [0.29, 0.717) is 0 Å². The third-order valence-corrected chi connectivity index (χ3v) is 2.61. The first-order valence-corrected chi connectivity index (χ1v) is 4.76. The number of H-pyrrole nitrogens is 1. The average molecular weight is 198 g/mol. The summed E-state index contributed by atoms with van der Waals surface area (Å²) in [4.78, 5) is 4.16. The number of aromatic nitrogens is 4. The number of rotatable bonds is 1. The highest BCUT2D eigenvalue weighted by atomic mass is 15.2. The summed E-state index contributed by atoms with van der Waals surface area (Å²) in [5.41, 5.74) is 2.25. The molecule has 0 saturated heterocycles. The Morgan fingerprint density at radius 1 is 1.27 bits per heavy atom. The van der Waals surface area contributed by atoms with Gasteiger partial charge in [-0.3, -0.25) is 5.10 Å². The minimum Gasteiger partial charge on any atom is -0.341 e. The van der Waals surface area contributed by atoms with Gasteiger partial charge in [0.05, 0.1) is 5.69 Å². The maximum absolute atomic E-state index is 4.16. The molecule has 0 aliphatic heterocycles. The molecule has 0 aliphatic carbocycles. The number of hydrogen-bond acceptors (Lipinski definition) is 2. The van der Waals surface area contributed by atoms with Gasteiger partial charge in [0.2, 0.25) is 0 Å². The van der Waals surface area contributed by atoms with E-state index in [0.717, 1.165) is 11.5 Å². The zero-order valence-corrected chi connectivity index (χ0v) is 8.31. The van der Waals surface area contributed by atoms with Gasteiger partial charge in [0, 0.05) is 18.0 Å². The number of hydrogen-bond donors (Lipinski definition) is 1. The summed E-state index contributed by atoms with van der Waals surface area (Å²) in [7, 11) is 2.03. The van der Waals surface area contributed by atoms with E-state index in [1.165, 1.54) is 17.2 Å². The summed E-state index contributed by atoms with van der Waals surface area (Å²) >= 11 is 0. The lowest BCUT2D eigenvalue weighted by atomic mass is 10.2. The zero-order valence-electron chi connectivity index (χ0n) is 8.31. The van der Waals surface area contributed by atoms with Crippen LogP contribution in [0.4, 0.5) is 0 Å². The van der Waals surface area contributed by atoms with Crippen LogP contribution in [0.25, 0.3) is 22.4 Å². The van der Waals surface area contributed by atoms with Gasteiger partial charge in [-0.25, -0.2) is 4.98 Å². The molecule has 0 radical (unpaired) electrons. The molecule has 1 N–H and O–H groups in total. The van der Waals surface area contributed by atoms with Gasteiger partial charge in [-0.15, -0.1) is 0 Å². The first-order valence-electron chi connectivity index (χ1n) is 4.76. The highest BCUT2D eigenvalue weighted by Crippen LogP contribution is 2.23. The smallest absolute Gasteiger partial charge is 0.172 e. The second kappa shape index (κ2) is 2.95. The third kappa shape index (κ3) is 1.15. The van der Waals surface area contributed by atoms with Crippen molar-refractivity contribution in [3.8, 4) is 11.5 Å². The molecule has 3 rings (SSSR count). The van der Waals surface area contributed by atoms with Gasteiger partial charge < -0.3 is 4.57 Å². The Morgan fingerprint density at radius 3 is 2.87 bits per heavy atom. The number of nitrogens with zero attached hydrogens (tertiary/aromatic N) is 3. The third-order valence-electron chi connectivity index (χ3n) is 2.61. The van der Waals surface area contributed by atoms with Gasteiger partial charge in [-0.2, -0.15) is 5.10 Å². The van der Waals surface area contributed by atoms with Crippen LogP contribution in [0.2, 0.25) is 0 Å². The highest BCUT2D eigenvalue weighted by Gasteiger charge is 2.08. The summed E-state index contributed by atoms with van der Waals surface area (Å²) in [6.07, 6.45) is 1.52. The van der Waals surface area contributed by atoms with E-state index in [-0.39, 0.29) is 0 Å². The predicted octanol–water partition coefficient (Wildman–Crippen LogP) is 1.96. The predicted molar refractivity (Wildman–Crippen MR) is 58.3 cm³/mol. The first-order chi connectivity index (χ1) is 7.36. The topological polar surface area (TPSA) is 46.5 Å². The van der Waals surface area contributed by atoms with Crippen molar-refractivity contribution in [2.75, 3.05) is 0 Å². The molecule has 0 atom stereocenters. The second-order valence-electron chi connectivity index (χ2n) is 3.48. The Balaban J connectivity index is 2.33. The molecule has 0 spiro atoms. The van der Waals surface area contributed by atoms with Crippen molar-refractivity contribution in [3.63, 3.8) is 0 Å². The lowest BCUT2D eigenvalue weighted by molar-refractivity contribution is 0.958. The second-order valence-corrected chi connectivity index (χ2v) is 3.48. The molecule has 0 bridgehead atoms. The van der Waals surface area contributed by atoms with Gasteiger partial charge in [-0.05, 0) is 12.1 Å². The van der Waals surface area contributed by atoms with Crippen molar-refractivity contribution < 1.29 is 0 Å². The Labute approximate surface area is 86.6 Å². The average Bonchev–Trinajstić information content (AvgIpc) is 2.87. The first kappa shape index (κ1) is 8.23. The largest absolute Gasteiger partial charge is 0.341 e. The molecule has 3 aromatic rings. The van der Waals surface area contributed by atoms with Crippen LogP contribution in [0, 0.1) is 0 Å². The van der Waals surface area contributed by atoms with E-state index in [9.17, 15) is 0 Å². The zero-order chi connectivity index (χ0) is 10.3. The van der Waals surface area contributed by atoms with Crippen LogP contribution < -0.4 is 0 Å². The fraction of sp³-hybridized carbons (Fsp3) is 0.0909. The van der Waals surface area contributed by atoms with E-state index in [2.05, 4.69) is 37.9 Å². The number of aryl methyl sites for hydroxylation is 1. The summed E-state index contributed by atoms with van der Waals surface area (Å²) in [6.45, 7) is 0. The Hall–Kier alpha value is -2.10. The maximum atomic E-state index is 4.16. The molecule has 0 amide bonds. The number of nitrogens with one attached hydrogen (secondary N) is 1. The summed E-state index contributed by atoms with van der Waals surface area (Å²) in [6, 6.07) is 10.4. The molecule has 2 aromatic heterocycles. The normalized spacial score (nSPS) is 11.0. The standard InChI is InChI=1S/C11H10N4/c1-15-9-5-3-2-4-8(9)6-10(15)11-12-7-13-14-11/h2-7H,1H3,(H,12,13,14). The SMILES string of the molecule is Cn1c(-c2ncn[nH]2)cc2ccccc21. The van der Waals surface area contributed by atoms with Gasteiger partial charge in [0.1, 0.15) is 6.33 Å². The van der Waals surface area contributed by atoms with Crippen LogP contribution >= 0.6 is 0 Å². The van der Waals surface area contributed by atoms with Crippen LogP contribution in [0.5, 0.6) is 0 Å². The van der Waals surface area contributed by atoms with E-state index in [1.54, 1.807) is 0 Å². The van der Waals surface area contributed by atoms with Crippen molar-refractivity contribution in [2.24, 2.45) is 7.05 Å². The van der Waals surface area contributed by atoms with E-state index < -0.39 is 0 Å². The Bertz CT molecular complexity index is 592. The number of benzene rings is 1. The Morgan fingerprint density at radius 2 is 2.13 bits per heavy atom. The summed E-state index contributed by atoms with van der Waals surface area (Å²) < 4.78 is 2.11. The molecule has 15 heavy (non-hydrogen) atoms. The van der Waals surface area contributed by atoms with Gasteiger partial charge in [0.15, 0.2) is 5.82 Å². The minimum absolute atomic E-state index is 0.800. The quantitative estimate of drug-likeness (QED) is 0.649. The molecular weight excluding hydrogens is 188 g/mol. The van der Waals surface area contributed by atoms with Crippen molar-refractivity contribution >= 4 is 10.9 Å². The number of fused-ring (bicyclic) bond motifs is 1. The fourth-order valence-electron chi connectivity index (χ4n) is 1.85. The van der Waals surface area contributed by atoms with Crippen LogP contribution in [0.3, 0.4) is 0 Å². The lowest BCUT2D eigenvalue weighted by Gasteiger charge is -1.99. The van der Waals surface area contributed by atoms with Gasteiger partial charge in [-0.1, -0.05) is 18.2 Å². The van der Waals surface area contributed by atoms with E-state index >= 15 is 0 Å². The molecule has 0 fully saturated rings. The monoisotopic (exact) mass is 198 g/mol. The van der Waals surface area contributed by atoms with Gasteiger partial charge in [0.25, 0.3) is 0 Å².